The van der Waals surface area contributed by atoms with E-state index in [-0.39, 0.29) is 0 Å². The first-order valence-corrected chi connectivity index (χ1v) is 9.67. The molecule has 20 heavy (non-hydrogen) atoms. The van der Waals surface area contributed by atoms with Crippen molar-refractivity contribution in [1.82, 2.24) is 0 Å². The molecule has 0 radical (unpaired) electrons. The highest BCUT2D eigenvalue weighted by molar-refractivity contribution is 9.10. The van der Waals surface area contributed by atoms with Crippen molar-refractivity contribution in [3.8, 4) is 5.75 Å². The zero-order chi connectivity index (χ0) is 14.6. The Balaban J connectivity index is 2.12. The molecule has 1 aromatic carbocycles. The van der Waals surface area contributed by atoms with Gasteiger partial charge < -0.3 is 4.74 Å². The van der Waals surface area contributed by atoms with E-state index in [0.717, 1.165) is 28.6 Å². The van der Waals surface area contributed by atoms with Crippen molar-refractivity contribution in [3.05, 3.63) is 28.2 Å². The first-order valence-electron chi connectivity index (χ1n) is 7.75. The van der Waals surface area contributed by atoms with Gasteiger partial charge in [0, 0.05) is 10.9 Å². The number of benzene rings is 1. The Kier molecular flexibility index (Phi) is 10.5. The summed E-state index contributed by atoms with van der Waals surface area (Å²) in [5.41, 5.74) is 1.21. The monoisotopic (exact) mass is 404 g/mol. The van der Waals surface area contributed by atoms with Crippen LogP contribution in [0.15, 0.2) is 22.7 Å². The lowest BCUT2D eigenvalue weighted by Crippen LogP contribution is -2.00. The molecular weight excluding hydrogens is 380 g/mol. The lowest BCUT2D eigenvalue weighted by Gasteiger charge is -2.11. The van der Waals surface area contributed by atoms with E-state index in [9.17, 15) is 0 Å². The molecule has 0 fully saturated rings. The smallest absolute Gasteiger partial charge is 0.137 e. The maximum Gasteiger partial charge on any atom is 0.137 e. The average Bonchev–Trinajstić information content (AvgIpc) is 2.46. The van der Waals surface area contributed by atoms with Crippen molar-refractivity contribution in [2.45, 2.75) is 63.6 Å². The number of unbranched alkanes of at least 4 members (excludes halogenated alkanes) is 7. The van der Waals surface area contributed by atoms with Gasteiger partial charge in [-0.05, 0) is 28.4 Å². The van der Waals surface area contributed by atoms with E-state index < -0.39 is 0 Å². The molecule has 1 nitrogen and oxygen atoms in total. The van der Waals surface area contributed by atoms with Gasteiger partial charge in [-0.1, -0.05) is 79.9 Å². The van der Waals surface area contributed by atoms with Gasteiger partial charge in [-0.2, -0.15) is 0 Å². The highest BCUT2D eigenvalue weighted by Gasteiger charge is 2.06. The molecule has 0 heterocycles. The minimum atomic E-state index is 0.817. The number of para-hydroxylation sites is 1. The van der Waals surface area contributed by atoms with E-state index in [2.05, 4.69) is 44.8 Å². The van der Waals surface area contributed by atoms with Crippen LogP contribution in [-0.2, 0) is 5.33 Å². The quantitative estimate of drug-likeness (QED) is 0.288. The summed E-state index contributed by atoms with van der Waals surface area (Å²) in [4.78, 5) is 0. The van der Waals surface area contributed by atoms with E-state index >= 15 is 0 Å². The average molecular weight is 406 g/mol. The van der Waals surface area contributed by atoms with Crippen LogP contribution in [0.2, 0.25) is 0 Å². The molecule has 0 bridgehead atoms. The van der Waals surface area contributed by atoms with Gasteiger partial charge in [0.25, 0.3) is 0 Å². The number of hydrogen-bond donors (Lipinski definition) is 0. The summed E-state index contributed by atoms with van der Waals surface area (Å²) < 4.78 is 6.98. The van der Waals surface area contributed by atoms with Crippen molar-refractivity contribution in [2.75, 3.05) is 6.61 Å². The van der Waals surface area contributed by atoms with Crippen molar-refractivity contribution in [3.63, 3.8) is 0 Å². The van der Waals surface area contributed by atoms with Gasteiger partial charge >= 0.3 is 0 Å². The molecule has 1 aromatic rings. The van der Waals surface area contributed by atoms with Crippen molar-refractivity contribution < 1.29 is 4.74 Å². The fourth-order valence-electron chi connectivity index (χ4n) is 2.23. The molecule has 0 aliphatic heterocycles. The third kappa shape index (κ3) is 7.12. The number of alkyl halides is 1. The lowest BCUT2D eigenvalue weighted by atomic mass is 10.1. The summed E-state index contributed by atoms with van der Waals surface area (Å²) in [6, 6.07) is 6.18. The van der Waals surface area contributed by atoms with Crippen LogP contribution in [0.3, 0.4) is 0 Å². The summed E-state index contributed by atoms with van der Waals surface area (Å²) in [5.74, 6) is 0.993. The summed E-state index contributed by atoms with van der Waals surface area (Å²) in [5, 5.41) is 0.833. The van der Waals surface area contributed by atoms with Gasteiger partial charge in [-0.15, -0.1) is 0 Å². The van der Waals surface area contributed by atoms with Crippen molar-refractivity contribution in [1.29, 1.82) is 0 Å². The molecule has 0 amide bonds. The van der Waals surface area contributed by atoms with Crippen LogP contribution in [0.1, 0.15) is 63.9 Å². The molecule has 0 aliphatic carbocycles. The number of ether oxygens (including phenoxy) is 1. The SMILES string of the molecule is CCCCCCCCCCOc1c(Br)cccc1CBr. The van der Waals surface area contributed by atoms with Gasteiger partial charge in [-0.3, -0.25) is 0 Å². The van der Waals surface area contributed by atoms with E-state index in [1.54, 1.807) is 0 Å². The normalized spacial score (nSPS) is 10.8. The summed E-state index contributed by atoms with van der Waals surface area (Å²) in [6.07, 6.45) is 10.7. The molecule has 0 spiro atoms. The van der Waals surface area contributed by atoms with Gasteiger partial charge in [0.15, 0.2) is 0 Å². The molecule has 0 saturated carbocycles. The fourth-order valence-corrected chi connectivity index (χ4v) is 3.19. The third-order valence-electron chi connectivity index (χ3n) is 3.44. The maximum atomic E-state index is 5.93. The third-order valence-corrected chi connectivity index (χ3v) is 4.67. The second kappa shape index (κ2) is 11.6. The molecule has 3 heteroatoms. The molecular formula is C17H26Br2O. The Hall–Kier alpha value is -0.0200. The van der Waals surface area contributed by atoms with Crippen LogP contribution >= 0.6 is 31.9 Å². The van der Waals surface area contributed by atoms with Gasteiger partial charge in [0.05, 0.1) is 11.1 Å². The minimum Gasteiger partial charge on any atom is -0.492 e. The summed E-state index contributed by atoms with van der Waals surface area (Å²) in [7, 11) is 0. The Morgan fingerprint density at radius 1 is 0.950 bits per heavy atom. The maximum absolute atomic E-state index is 5.93. The van der Waals surface area contributed by atoms with Crippen LogP contribution in [0.4, 0.5) is 0 Å². The largest absolute Gasteiger partial charge is 0.492 e. The molecule has 114 valence electrons. The van der Waals surface area contributed by atoms with Crippen LogP contribution in [-0.4, -0.2) is 6.61 Å². The van der Waals surface area contributed by atoms with E-state index in [1.165, 1.54) is 50.5 Å². The van der Waals surface area contributed by atoms with Crippen LogP contribution in [0.5, 0.6) is 5.75 Å². The standard InChI is InChI=1S/C17H26Br2O/c1-2-3-4-5-6-7-8-9-13-20-17-15(14-18)11-10-12-16(17)19/h10-12H,2-9,13-14H2,1H3. The second-order valence-electron chi connectivity index (χ2n) is 5.19. The first-order chi connectivity index (χ1) is 9.79. The van der Waals surface area contributed by atoms with E-state index in [1.807, 2.05) is 12.1 Å². The van der Waals surface area contributed by atoms with Crippen molar-refractivity contribution >= 4 is 31.9 Å². The van der Waals surface area contributed by atoms with E-state index in [0.29, 0.717) is 0 Å². The molecule has 1 rings (SSSR count). The minimum absolute atomic E-state index is 0.817. The Morgan fingerprint density at radius 2 is 1.60 bits per heavy atom. The number of rotatable bonds is 11. The number of hydrogen-bond acceptors (Lipinski definition) is 1. The highest BCUT2D eigenvalue weighted by atomic mass is 79.9. The predicted molar refractivity (Wildman–Crippen MR) is 94.9 cm³/mol. The van der Waals surface area contributed by atoms with Crippen LogP contribution in [0.25, 0.3) is 0 Å². The highest BCUT2D eigenvalue weighted by Crippen LogP contribution is 2.30. The number of halogens is 2. The summed E-state index contributed by atoms with van der Waals surface area (Å²) in [6.45, 7) is 3.08. The molecule has 0 atom stereocenters. The molecule has 0 aliphatic rings. The topological polar surface area (TPSA) is 9.23 Å². The Labute approximate surface area is 140 Å². The van der Waals surface area contributed by atoms with Gasteiger partial charge in [0.2, 0.25) is 0 Å². The lowest BCUT2D eigenvalue weighted by molar-refractivity contribution is 0.300. The fraction of sp³-hybridized carbons (Fsp3) is 0.647. The van der Waals surface area contributed by atoms with Crippen LogP contribution in [0, 0.1) is 0 Å². The first kappa shape index (κ1) is 18.0. The Morgan fingerprint density at radius 3 is 2.25 bits per heavy atom. The Bertz CT molecular complexity index is 366. The molecule has 0 unspecified atom stereocenters. The van der Waals surface area contributed by atoms with Crippen LogP contribution < -0.4 is 4.74 Å². The van der Waals surface area contributed by atoms with E-state index in [4.69, 9.17) is 4.74 Å². The molecule has 0 N–H and O–H groups in total. The second-order valence-corrected chi connectivity index (χ2v) is 6.60. The molecule has 0 saturated heterocycles. The predicted octanol–water partition coefficient (Wildman–Crippen LogP) is 6.86. The van der Waals surface area contributed by atoms with Gasteiger partial charge in [0.1, 0.15) is 5.75 Å². The van der Waals surface area contributed by atoms with Gasteiger partial charge in [-0.25, -0.2) is 0 Å². The zero-order valence-electron chi connectivity index (χ0n) is 12.5. The van der Waals surface area contributed by atoms with Crippen molar-refractivity contribution in [2.24, 2.45) is 0 Å². The molecule has 0 aromatic heterocycles. The zero-order valence-corrected chi connectivity index (χ0v) is 15.6. The summed E-state index contributed by atoms with van der Waals surface area (Å²) >= 11 is 7.07.